The van der Waals surface area contributed by atoms with E-state index in [2.05, 4.69) is 20.8 Å². The molecule has 0 aromatic heterocycles. The van der Waals surface area contributed by atoms with Crippen molar-refractivity contribution in [2.45, 2.75) is 117 Å². The van der Waals surface area contributed by atoms with Gasteiger partial charge in [0.1, 0.15) is 0 Å². The van der Waals surface area contributed by atoms with E-state index in [-0.39, 0.29) is 22.6 Å². The van der Waals surface area contributed by atoms with Crippen molar-refractivity contribution in [1.29, 1.82) is 0 Å². The Labute approximate surface area is 193 Å². The molecule has 0 radical (unpaired) electrons. The standard InChI is InChI=1S/C28H42O4/c1-5-6-7-8-9-25(31)32-28(19(2)29)17-14-24-22-11-10-20-18-21(30)12-15-26(20,3)23(22)13-16-27(24,28)4/h18,22-24H,5-17H2,1-4H3/t22-,23+,24+,26-,27-,28+/m0/s1. The van der Waals surface area contributed by atoms with Crippen LogP contribution in [0, 0.1) is 28.6 Å². The van der Waals surface area contributed by atoms with Crippen LogP contribution in [0.15, 0.2) is 11.6 Å². The van der Waals surface area contributed by atoms with Crippen LogP contribution in [-0.4, -0.2) is 23.1 Å². The van der Waals surface area contributed by atoms with E-state index in [0.717, 1.165) is 64.2 Å². The van der Waals surface area contributed by atoms with Gasteiger partial charge in [0.05, 0.1) is 0 Å². The molecule has 0 spiro atoms. The maximum atomic E-state index is 13.1. The molecule has 0 aromatic carbocycles. The molecule has 3 saturated carbocycles. The number of ketones is 2. The lowest BCUT2D eigenvalue weighted by Gasteiger charge is -2.59. The molecule has 4 heteroatoms. The molecule has 0 amide bonds. The third-order valence-electron chi connectivity index (χ3n) is 10.2. The number of Topliss-reactive ketones (excluding diaryl/α,β-unsaturated/α-hetero) is 1. The first-order valence-electron chi connectivity index (χ1n) is 13.1. The van der Waals surface area contributed by atoms with Gasteiger partial charge in [-0.05, 0) is 87.5 Å². The lowest BCUT2D eigenvalue weighted by atomic mass is 9.46. The van der Waals surface area contributed by atoms with E-state index in [9.17, 15) is 14.4 Å². The van der Waals surface area contributed by atoms with Crippen molar-refractivity contribution < 1.29 is 19.1 Å². The smallest absolute Gasteiger partial charge is 0.306 e. The Balaban J connectivity index is 1.56. The molecule has 0 saturated heterocycles. The molecule has 0 unspecified atom stereocenters. The zero-order valence-corrected chi connectivity index (χ0v) is 20.6. The van der Waals surface area contributed by atoms with Gasteiger partial charge in [0.15, 0.2) is 17.2 Å². The minimum absolute atomic E-state index is 0.0359. The number of carbonyl (C=O) groups excluding carboxylic acids is 3. The Hall–Kier alpha value is -1.45. The van der Waals surface area contributed by atoms with Crippen molar-refractivity contribution >= 4 is 17.5 Å². The Kier molecular flexibility index (Phi) is 6.46. The highest BCUT2D eigenvalue weighted by Crippen LogP contribution is 2.68. The molecule has 178 valence electrons. The second-order valence-electron chi connectivity index (χ2n) is 11.6. The highest BCUT2D eigenvalue weighted by Gasteiger charge is 2.67. The number of hydrogen-bond donors (Lipinski definition) is 0. The Morgan fingerprint density at radius 1 is 1.00 bits per heavy atom. The maximum Gasteiger partial charge on any atom is 0.306 e. The molecule has 0 aromatic rings. The molecular weight excluding hydrogens is 400 g/mol. The van der Waals surface area contributed by atoms with Crippen molar-refractivity contribution in [1.82, 2.24) is 0 Å². The molecule has 0 bridgehead atoms. The van der Waals surface area contributed by atoms with E-state index < -0.39 is 5.60 Å². The van der Waals surface area contributed by atoms with E-state index in [0.29, 0.717) is 42.8 Å². The number of fused-ring (bicyclic) bond motifs is 5. The van der Waals surface area contributed by atoms with Gasteiger partial charge >= 0.3 is 5.97 Å². The van der Waals surface area contributed by atoms with Crippen LogP contribution >= 0.6 is 0 Å². The van der Waals surface area contributed by atoms with Gasteiger partial charge in [-0.15, -0.1) is 0 Å². The van der Waals surface area contributed by atoms with Crippen molar-refractivity contribution in [2.75, 3.05) is 0 Å². The van der Waals surface area contributed by atoms with Crippen molar-refractivity contribution in [3.05, 3.63) is 11.6 Å². The number of unbranched alkanes of at least 4 members (excludes halogenated alkanes) is 3. The predicted octanol–water partition coefficient (Wildman–Crippen LogP) is 6.36. The summed E-state index contributed by atoms with van der Waals surface area (Å²) >= 11 is 0. The van der Waals surface area contributed by atoms with Gasteiger partial charge in [0, 0.05) is 18.3 Å². The number of carbonyl (C=O) groups is 3. The molecule has 0 N–H and O–H groups in total. The van der Waals surface area contributed by atoms with Crippen molar-refractivity contribution in [3.8, 4) is 0 Å². The first-order valence-corrected chi connectivity index (χ1v) is 13.1. The summed E-state index contributed by atoms with van der Waals surface area (Å²) < 4.78 is 6.19. The van der Waals surface area contributed by atoms with Crippen LogP contribution in [-0.2, 0) is 19.1 Å². The van der Waals surface area contributed by atoms with Gasteiger partial charge in [0.2, 0.25) is 0 Å². The van der Waals surface area contributed by atoms with Gasteiger partial charge in [-0.25, -0.2) is 0 Å². The lowest BCUT2D eigenvalue weighted by Crippen LogP contribution is -2.58. The average molecular weight is 443 g/mol. The largest absolute Gasteiger partial charge is 0.450 e. The first-order chi connectivity index (χ1) is 15.2. The highest BCUT2D eigenvalue weighted by atomic mass is 16.6. The summed E-state index contributed by atoms with van der Waals surface area (Å²) in [6, 6.07) is 0. The quantitative estimate of drug-likeness (QED) is 0.340. The number of ether oxygens (including phenoxy) is 1. The SMILES string of the molecule is CCCCCCC(=O)O[C@@]1(C(C)=O)CC[C@@H]2[C@H]3CCC4=CC(=O)CC[C@]4(C)[C@@H]3CC[C@@]21C. The average Bonchev–Trinajstić information content (AvgIpc) is 3.05. The number of allylic oxidation sites excluding steroid dienone is 1. The monoisotopic (exact) mass is 442 g/mol. The van der Waals surface area contributed by atoms with E-state index in [1.807, 2.05) is 6.08 Å². The minimum atomic E-state index is -0.954. The normalized spacial score (nSPS) is 40.7. The highest BCUT2D eigenvalue weighted by molar-refractivity contribution is 5.91. The zero-order chi connectivity index (χ0) is 23.1. The van der Waals surface area contributed by atoms with E-state index >= 15 is 0 Å². The number of hydrogen-bond acceptors (Lipinski definition) is 4. The molecule has 32 heavy (non-hydrogen) atoms. The maximum absolute atomic E-state index is 13.1. The Morgan fingerprint density at radius 2 is 1.75 bits per heavy atom. The lowest BCUT2D eigenvalue weighted by molar-refractivity contribution is -0.189. The molecule has 3 fully saturated rings. The van der Waals surface area contributed by atoms with Crippen LogP contribution in [0.25, 0.3) is 0 Å². The van der Waals surface area contributed by atoms with Crippen LogP contribution < -0.4 is 0 Å². The molecule has 4 aliphatic rings. The Bertz CT molecular complexity index is 812. The minimum Gasteiger partial charge on any atom is -0.450 e. The molecule has 0 aliphatic heterocycles. The summed E-state index contributed by atoms with van der Waals surface area (Å²) in [6.07, 6.45) is 13.9. The van der Waals surface area contributed by atoms with Crippen LogP contribution in [0.3, 0.4) is 0 Å². The molecule has 6 atom stereocenters. The molecule has 4 nitrogen and oxygen atoms in total. The number of esters is 1. The van der Waals surface area contributed by atoms with Gasteiger partial charge in [0.25, 0.3) is 0 Å². The second-order valence-corrected chi connectivity index (χ2v) is 11.6. The summed E-state index contributed by atoms with van der Waals surface area (Å²) in [5, 5.41) is 0. The van der Waals surface area contributed by atoms with E-state index in [1.54, 1.807) is 6.92 Å². The second kappa shape index (κ2) is 8.72. The molecule has 4 aliphatic carbocycles. The fraction of sp³-hybridized carbons (Fsp3) is 0.821. The van der Waals surface area contributed by atoms with Gasteiger partial charge in [-0.3, -0.25) is 14.4 Å². The van der Waals surface area contributed by atoms with Crippen LogP contribution in [0.4, 0.5) is 0 Å². The Morgan fingerprint density at radius 3 is 2.47 bits per heavy atom. The summed E-state index contributed by atoms with van der Waals surface area (Å²) in [4.78, 5) is 38.0. The first kappa shape index (κ1) is 23.7. The fourth-order valence-corrected chi connectivity index (χ4v) is 8.32. The van der Waals surface area contributed by atoms with Crippen LogP contribution in [0.5, 0.6) is 0 Å². The third-order valence-corrected chi connectivity index (χ3v) is 10.2. The fourth-order valence-electron chi connectivity index (χ4n) is 8.32. The van der Waals surface area contributed by atoms with E-state index in [1.165, 1.54) is 5.57 Å². The van der Waals surface area contributed by atoms with Gasteiger partial charge < -0.3 is 4.74 Å². The molecule has 4 rings (SSSR count). The summed E-state index contributed by atoms with van der Waals surface area (Å²) in [7, 11) is 0. The topological polar surface area (TPSA) is 60.4 Å². The molecule has 0 heterocycles. The predicted molar refractivity (Wildman–Crippen MR) is 125 cm³/mol. The van der Waals surface area contributed by atoms with Crippen LogP contribution in [0.2, 0.25) is 0 Å². The number of rotatable bonds is 7. The molecular formula is C28H42O4. The summed E-state index contributed by atoms with van der Waals surface area (Å²) in [6.45, 7) is 8.42. The van der Waals surface area contributed by atoms with Crippen molar-refractivity contribution in [2.24, 2.45) is 28.6 Å². The van der Waals surface area contributed by atoms with Crippen LogP contribution in [0.1, 0.15) is 111 Å². The third kappa shape index (κ3) is 3.60. The van der Waals surface area contributed by atoms with Gasteiger partial charge in [-0.1, -0.05) is 45.6 Å². The summed E-state index contributed by atoms with van der Waals surface area (Å²) in [5.41, 5.74) is 0.258. The van der Waals surface area contributed by atoms with Crippen molar-refractivity contribution in [3.63, 3.8) is 0 Å². The zero-order valence-electron chi connectivity index (χ0n) is 20.6. The van der Waals surface area contributed by atoms with Gasteiger partial charge in [-0.2, -0.15) is 0 Å². The summed E-state index contributed by atoms with van der Waals surface area (Å²) in [5.74, 6) is 1.67. The van der Waals surface area contributed by atoms with E-state index in [4.69, 9.17) is 4.74 Å².